The Morgan fingerprint density at radius 1 is 1.33 bits per heavy atom. The molecule has 90 valence electrons. The predicted molar refractivity (Wildman–Crippen MR) is 64.8 cm³/mol. The Morgan fingerprint density at radius 3 is 2.53 bits per heavy atom. The highest BCUT2D eigenvalue weighted by atomic mass is 16.3. The minimum atomic E-state index is -0.0611. The molecule has 0 aromatic heterocycles. The molecule has 0 spiro atoms. The summed E-state index contributed by atoms with van der Waals surface area (Å²) < 4.78 is 0. The van der Waals surface area contributed by atoms with E-state index in [1.54, 1.807) is 0 Å². The molecule has 1 saturated carbocycles. The van der Waals surface area contributed by atoms with Gasteiger partial charge in [-0.1, -0.05) is 20.8 Å². The van der Waals surface area contributed by atoms with Gasteiger partial charge in [0, 0.05) is 6.54 Å². The van der Waals surface area contributed by atoms with E-state index in [4.69, 9.17) is 0 Å². The largest absolute Gasteiger partial charge is 0.393 e. The number of hydrogen-bond donors (Lipinski definition) is 1. The minimum absolute atomic E-state index is 0.0611. The monoisotopic (exact) mass is 213 g/mol. The van der Waals surface area contributed by atoms with Crippen LogP contribution in [0, 0.1) is 17.8 Å². The van der Waals surface area contributed by atoms with E-state index < -0.39 is 0 Å². The SMILES string of the molecule is CCN(C)CC1CC(C(C)C)CCC1O. The Balaban J connectivity index is 2.46. The average molecular weight is 213 g/mol. The summed E-state index contributed by atoms with van der Waals surface area (Å²) in [6.07, 6.45) is 3.37. The standard InChI is InChI=1S/C13H27NO/c1-5-14(4)9-12-8-11(10(2)3)6-7-13(12)15/h10-13,15H,5-9H2,1-4H3. The fraction of sp³-hybridized carbons (Fsp3) is 1.00. The summed E-state index contributed by atoms with van der Waals surface area (Å²) in [4.78, 5) is 2.32. The van der Waals surface area contributed by atoms with Gasteiger partial charge in [-0.15, -0.1) is 0 Å². The third-order valence-corrected chi connectivity index (χ3v) is 4.01. The zero-order valence-corrected chi connectivity index (χ0v) is 10.7. The van der Waals surface area contributed by atoms with Gasteiger partial charge >= 0.3 is 0 Å². The number of aliphatic hydroxyl groups is 1. The van der Waals surface area contributed by atoms with E-state index >= 15 is 0 Å². The number of rotatable bonds is 4. The van der Waals surface area contributed by atoms with Gasteiger partial charge in [-0.3, -0.25) is 0 Å². The van der Waals surface area contributed by atoms with Crippen molar-refractivity contribution in [3.63, 3.8) is 0 Å². The lowest BCUT2D eigenvalue weighted by Crippen LogP contribution is -2.38. The molecule has 1 rings (SSSR count). The molecule has 3 atom stereocenters. The van der Waals surface area contributed by atoms with E-state index in [2.05, 4.69) is 32.7 Å². The lowest BCUT2D eigenvalue weighted by Gasteiger charge is -2.37. The molecule has 1 aliphatic carbocycles. The smallest absolute Gasteiger partial charge is 0.0580 e. The topological polar surface area (TPSA) is 23.5 Å². The van der Waals surface area contributed by atoms with E-state index in [1.807, 2.05) is 0 Å². The van der Waals surface area contributed by atoms with Gasteiger partial charge in [-0.05, 0) is 50.6 Å². The molecule has 0 amide bonds. The van der Waals surface area contributed by atoms with Crippen molar-refractivity contribution in [2.75, 3.05) is 20.1 Å². The summed E-state index contributed by atoms with van der Waals surface area (Å²) in [7, 11) is 2.14. The maximum Gasteiger partial charge on any atom is 0.0580 e. The van der Waals surface area contributed by atoms with Crippen molar-refractivity contribution in [1.82, 2.24) is 4.90 Å². The van der Waals surface area contributed by atoms with Gasteiger partial charge < -0.3 is 10.0 Å². The quantitative estimate of drug-likeness (QED) is 0.775. The Kier molecular flexibility index (Phi) is 5.07. The van der Waals surface area contributed by atoms with Crippen LogP contribution in [-0.2, 0) is 0 Å². The molecule has 0 aromatic rings. The minimum Gasteiger partial charge on any atom is -0.393 e. The Bertz CT molecular complexity index is 181. The summed E-state index contributed by atoms with van der Waals surface area (Å²) in [5, 5.41) is 9.99. The molecule has 0 heterocycles. The highest BCUT2D eigenvalue weighted by Crippen LogP contribution is 2.34. The summed E-state index contributed by atoms with van der Waals surface area (Å²) in [6, 6.07) is 0. The van der Waals surface area contributed by atoms with Crippen molar-refractivity contribution in [2.24, 2.45) is 17.8 Å². The fourth-order valence-corrected chi connectivity index (χ4v) is 2.62. The molecule has 1 fully saturated rings. The van der Waals surface area contributed by atoms with Crippen LogP contribution >= 0.6 is 0 Å². The molecular formula is C13H27NO. The molecule has 1 N–H and O–H groups in total. The molecule has 2 nitrogen and oxygen atoms in total. The molecule has 0 saturated heterocycles. The van der Waals surface area contributed by atoms with Gasteiger partial charge in [0.15, 0.2) is 0 Å². The summed E-state index contributed by atoms with van der Waals surface area (Å²) in [5.41, 5.74) is 0. The first-order valence-electron chi connectivity index (χ1n) is 6.41. The zero-order chi connectivity index (χ0) is 11.4. The molecule has 0 aromatic carbocycles. The van der Waals surface area contributed by atoms with Crippen molar-refractivity contribution in [1.29, 1.82) is 0 Å². The second-order valence-corrected chi connectivity index (χ2v) is 5.50. The van der Waals surface area contributed by atoms with E-state index in [1.165, 1.54) is 12.8 Å². The fourth-order valence-electron chi connectivity index (χ4n) is 2.62. The molecule has 3 unspecified atom stereocenters. The third kappa shape index (κ3) is 3.76. The second kappa shape index (κ2) is 5.86. The molecule has 0 radical (unpaired) electrons. The first kappa shape index (κ1) is 13.0. The van der Waals surface area contributed by atoms with E-state index in [0.717, 1.165) is 31.3 Å². The van der Waals surface area contributed by atoms with Crippen LogP contribution < -0.4 is 0 Å². The van der Waals surface area contributed by atoms with Gasteiger partial charge in [0.25, 0.3) is 0 Å². The van der Waals surface area contributed by atoms with Gasteiger partial charge in [-0.2, -0.15) is 0 Å². The molecule has 0 aliphatic heterocycles. The molecule has 2 heteroatoms. The Labute approximate surface area is 94.7 Å². The molecule has 1 aliphatic rings. The van der Waals surface area contributed by atoms with Crippen LogP contribution in [0.1, 0.15) is 40.0 Å². The van der Waals surface area contributed by atoms with E-state index in [-0.39, 0.29) is 6.10 Å². The number of aliphatic hydroxyl groups excluding tert-OH is 1. The summed E-state index contributed by atoms with van der Waals surface area (Å²) >= 11 is 0. The molecule has 0 bridgehead atoms. The third-order valence-electron chi connectivity index (χ3n) is 4.01. The highest BCUT2D eigenvalue weighted by Gasteiger charge is 2.30. The first-order valence-corrected chi connectivity index (χ1v) is 6.41. The average Bonchev–Trinajstić information content (AvgIpc) is 2.20. The van der Waals surface area contributed by atoms with Crippen molar-refractivity contribution in [3.8, 4) is 0 Å². The summed E-state index contributed by atoms with van der Waals surface area (Å²) in [6.45, 7) is 8.93. The molecule has 15 heavy (non-hydrogen) atoms. The van der Waals surface area contributed by atoms with Gasteiger partial charge in [-0.25, -0.2) is 0 Å². The van der Waals surface area contributed by atoms with Crippen molar-refractivity contribution < 1.29 is 5.11 Å². The van der Waals surface area contributed by atoms with Crippen LogP contribution in [0.3, 0.4) is 0 Å². The maximum atomic E-state index is 9.99. The van der Waals surface area contributed by atoms with Gasteiger partial charge in [0.05, 0.1) is 6.10 Å². The normalized spacial score (nSPS) is 32.6. The van der Waals surface area contributed by atoms with Crippen LogP contribution in [-0.4, -0.2) is 36.2 Å². The number of nitrogens with zero attached hydrogens (tertiary/aromatic N) is 1. The lowest BCUT2D eigenvalue weighted by molar-refractivity contribution is 0.0231. The van der Waals surface area contributed by atoms with E-state index in [9.17, 15) is 5.11 Å². The summed E-state index contributed by atoms with van der Waals surface area (Å²) in [5.74, 6) is 2.09. The Hall–Kier alpha value is -0.0800. The first-order chi connectivity index (χ1) is 7.04. The maximum absolute atomic E-state index is 9.99. The van der Waals surface area contributed by atoms with E-state index in [0.29, 0.717) is 5.92 Å². The number of hydrogen-bond acceptors (Lipinski definition) is 2. The van der Waals surface area contributed by atoms with Crippen LogP contribution in [0.15, 0.2) is 0 Å². The van der Waals surface area contributed by atoms with Crippen LogP contribution in [0.25, 0.3) is 0 Å². The lowest BCUT2D eigenvalue weighted by atomic mass is 9.74. The second-order valence-electron chi connectivity index (χ2n) is 5.50. The van der Waals surface area contributed by atoms with Gasteiger partial charge in [0.2, 0.25) is 0 Å². The zero-order valence-electron chi connectivity index (χ0n) is 10.7. The van der Waals surface area contributed by atoms with Gasteiger partial charge in [0.1, 0.15) is 0 Å². The van der Waals surface area contributed by atoms with Crippen molar-refractivity contribution in [2.45, 2.75) is 46.1 Å². The van der Waals surface area contributed by atoms with Crippen LogP contribution in [0.5, 0.6) is 0 Å². The molecular weight excluding hydrogens is 186 g/mol. The van der Waals surface area contributed by atoms with Crippen LogP contribution in [0.4, 0.5) is 0 Å². The van der Waals surface area contributed by atoms with Crippen molar-refractivity contribution >= 4 is 0 Å². The Morgan fingerprint density at radius 2 is 2.00 bits per heavy atom. The van der Waals surface area contributed by atoms with Crippen molar-refractivity contribution in [3.05, 3.63) is 0 Å². The predicted octanol–water partition coefficient (Wildman–Crippen LogP) is 2.37. The van der Waals surface area contributed by atoms with Crippen LogP contribution in [0.2, 0.25) is 0 Å². The highest BCUT2D eigenvalue weighted by molar-refractivity contribution is 4.82.